The van der Waals surface area contributed by atoms with E-state index in [1.54, 1.807) is 19.9 Å². The molecule has 2 N–H and O–H groups in total. The van der Waals surface area contributed by atoms with E-state index in [1.165, 1.54) is 13.0 Å². The summed E-state index contributed by atoms with van der Waals surface area (Å²) in [7, 11) is 0. The van der Waals surface area contributed by atoms with Gasteiger partial charge in [0.15, 0.2) is 11.9 Å². The summed E-state index contributed by atoms with van der Waals surface area (Å²) < 4.78 is 17.7. The molecule has 6 rings (SSSR count). The van der Waals surface area contributed by atoms with Crippen LogP contribution in [0, 0.1) is 28.6 Å². The third kappa shape index (κ3) is 2.95. The van der Waals surface area contributed by atoms with Crippen molar-refractivity contribution < 1.29 is 38.8 Å². The Bertz CT molecular complexity index is 1180. The molecule has 0 bridgehead atoms. The van der Waals surface area contributed by atoms with Gasteiger partial charge in [0, 0.05) is 24.3 Å². The van der Waals surface area contributed by atoms with E-state index in [2.05, 4.69) is 6.92 Å². The highest BCUT2D eigenvalue weighted by molar-refractivity contribution is 5.98. The second-order valence-electron chi connectivity index (χ2n) is 13.5. The van der Waals surface area contributed by atoms with Crippen molar-refractivity contribution >= 4 is 17.7 Å². The Balaban J connectivity index is 1.34. The summed E-state index contributed by atoms with van der Waals surface area (Å²) in [5, 5.41) is 24.6. The number of hydrogen-bond acceptors (Lipinski definition) is 8. The maximum absolute atomic E-state index is 13.6. The molecular weight excluding hydrogens is 488 g/mol. The van der Waals surface area contributed by atoms with Crippen LogP contribution >= 0.6 is 0 Å². The number of epoxide rings is 1. The molecule has 0 aromatic rings. The topological polar surface area (TPSA) is 123 Å². The highest BCUT2D eigenvalue weighted by Gasteiger charge is 2.83. The minimum Gasteiger partial charge on any atom is -0.456 e. The maximum Gasteiger partial charge on any atom is 0.334 e. The van der Waals surface area contributed by atoms with Crippen LogP contribution in [0.5, 0.6) is 0 Å². The number of rotatable bonds is 3. The average molecular weight is 529 g/mol. The second-order valence-corrected chi connectivity index (χ2v) is 13.5. The van der Waals surface area contributed by atoms with Gasteiger partial charge in [-0.3, -0.25) is 9.59 Å². The first-order valence-electron chi connectivity index (χ1n) is 14.0. The lowest BCUT2D eigenvalue weighted by molar-refractivity contribution is -0.224. The van der Waals surface area contributed by atoms with Crippen molar-refractivity contribution in [1.29, 1.82) is 0 Å². The zero-order valence-corrected chi connectivity index (χ0v) is 23.2. The molecule has 1 saturated heterocycles. The number of aliphatic hydroxyl groups is 2. The monoisotopic (exact) mass is 528 g/mol. The molecule has 3 saturated carbocycles. The Morgan fingerprint density at radius 2 is 1.87 bits per heavy atom. The number of hydrogen-bond donors (Lipinski definition) is 2. The van der Waals surface area contributed by atoms with E-state index in [0.717, 1.165) is 5.57 Å². The Morgan fingerprint density at radius 1 is 1.16 bits per heavy atom. The van der Waals surface area contributed by atoms with Gasteiger partial charge in [-0.15, -0.1) is 0 Å². The van der Waals surface area contributed by atoms with E-state index in [-0.39, 0.29) is 29.6 Å². The Kier molecular flexibility index (Phi) is 5.37. The maximum atomic E-state index is 13.6. The molecule has 38 heavy (non-hydrogen) atoms. The van der Waals surface area contributed by atoms with Gasteiger partial charge in [0.25, 0.3) is 0 Å². The van der Waals surface area contributed by atoms with Gasteiger partial charge in [0.2, 0.25) is 0 Å². The first-order chi connectivity index (χ1) is 17.6. The molecule has 1 spiro atoms. The van der Waals surface area contributed by atoms with Gasteiger partial charge >= 0.3 is 11.9 Å². The van der Waals surface area contributed by atoms with Crippen molar-refractivity contribution in [2.24, 2.45) is 28.6 Å². The minimum absolute atomic E-state index is 0.0430. The van der Waals surface area contributed by atoms with E-state index < -0.39 is 51.8 Å². The average Bonchev–Trinajstić information content (AvgIpc) is 3.50. The fourth-order valence-electron chi connectivity index (χ4n) is 9.78. The summed E-state index contributed by atoms with van der Waals surface area (Å²) in [6, 6.07) is 0. The molecule has 11 atom stereocenters. The molecule has 4 aliphatic carbocycles. The van der Waals surface area contributed by atoms with Gasteiger partial charge in [-0.25, -0.2) is 4.79 Å². The van der Waals surface area contributed by atoms with Crippen LogP contribution in [0.3, 0.4) is 0 Å². The number of esters is 2. The summed E-state index contributed by atoms with van der Waals surface area (Å²) in [6.07, 6.45) is 4.99. The van der Waals surface area contributed by atoms with E-state index in [9.17, 15) is 24.6 Å². The van der Waals surface area contributed by atoms with Crippen LogP contribution in [0.1, 0.15) is 80.1 Å². The van der Waals surface area contributed by atoms with E-state index in [0.29, 0.717) is 44.1 Å². The quantitative estimate of drug-likeness (QED) is 0.423. The van der Waals surface area contributed by atoms with Crippen LogP contribution in [-0.2, 0) is 28.6 Å². The number of ketones is 1. The molecule has 6 aliphatic rings. The van der Waals surface area contributed by atoms with Crippen LogP contribution in [0.4, 0.5) is 0 Å². The summed E-state index contributed by atoms with van der Waals surface area (Å²) >= 11 is 0. The Morgan fingerprint density at radius 3 is 2.53 bits per heavy atom. The van der Waals surface area contributed by atoms with Crippen LogP contribution in [-0.4, -0.2) is 63.0 Å². The van der Waals surface area contributed by atoms with Gasteiger partial charge in [-0.1, -0.05) is 12.5 Å². The molecule has 2 aliphatic heterocycles. The number of cyclic esters (lactones) is 1. The third-order valence-electron chi connectivity index (χ3n) is 12.1. The largest absolute Gasteiger partial charge is 0.456 e. The molecule has 0 amide bonds. The number of carbonyl (C=O) groups excluding carboxylic acids is 3. The fourth-order valence-corrected chi connectivity index (χ4v) is 9.78. The molecule has 208 valence electrons. The van der Waals surface area contributed by atoms with Crippen molar-refractivity contribution in [3.63, 3.8) is 0 Å². The first-order valence-corrected chi connectivity index (χ1v) is 14.0. The molecule has 0 radical (unpaired) electrons. The van der Waals surface area contributed by atoms with Gasteiger partial charge in [0.1, 0.15) is 17.3 Å². The summed E-state index contributed by atoms with van der Waals surface area (Å²) in [6.45, 7) is 10.8. The molecule has 8 heteroatoms. The predicted molar refractivity (Wildman–Crippen MR) is 136 cm³/mol. The second kappa shape index (κ2) is 7.79. The molecule has 0 aromatic carbocycles. The Hall–Kier alpha value is -2.03. The predicted octanol–water partition coefficient (Wildman–Crippen LogP) is 3.18. The zero-order valence-electron chi connectivity index (χ0n) is 23.2. The molecule has 4 fully saturated rings. The smallest absolute Gasteiger partial charge is 0.334 e. The van der Waals surface area contributed by atoms with Gasteiger partial charge in [0.05, 0.1) is 17.1 Å². The lowest BCUT2D eigenvalue weighted by atomic mass is 9.42. The van der Waals surface area contributed by atoms with Gasteiger partial charge in [-0.05, 0) is 89.7 Å². The molecule has 11 unspecified atom stereocenters. The normalized spacial score (nSPS) is 50.7. The molecular formula is C30H40O8. The lowest BCUT2D eigenvalue weighted by Gasteiger charge is -2.62. The van der Waals surface area contributed by atoms with Crippen LogP contribution < -0.4 is 0 Å². The van der Waals surface area contributed by atoms with Crippen molar-refractivity contribution in [3.05, 3.63) is 23.3 Å². The highest BCUT2D eigenvalue weighted by Crippen LogP contribution is 2.74. The van der Waals surface area contributed by atoms with Gasteiger partial charge < -0.3 is 24.4 Å². The van der Waals surface area contributed by atoms with E-state index in [1.807, 2.05) is 13.8 Å². The van der Waals surface area contributed by atoms with Crippen molar-refractivity contribution in [2.75, 3.05) is 0 Å². The number of carbonyl (C=O) groups is 3. The summed E-state index contributed by atoms with van der Waals surface area (Å²) in [4.78, 5) is 38.0. The van der Waals surface area contributed by atoms with Crippen molar-refractivity contribution in [3.8, 4) is 0 Å². The standard InChI is InChI=1S/C30H40O8/c1-15-13-23(37-25(33)16(15)2)28(6,34)20-10-12-29(35)19-14-24-30(38-24)22(36-17(3)31)8-7-21(32)27(30,5)18(19)9-11-26(20,29)4/h7-8,18-20,22-24,34-35H,9-14H2,1-6H3. The van der Waals surface area contributed by atoms with Crippen LogP contribution in [0.2, 0.25) is 0 Å². The first kappa shape index (κ1) is 26.2. The SMILES string of the molecule is CC(=O)OC1C=CC(=O)C2(C)C3CCC4(C)C(C(C)(O)C5CC(C)=C(C)C(=O)O5)CCC4(O)C3CC3OC132. The molecule has 0 aromatic heterocycles. The zero-order chi connectivity index (χ0) is 27.6. The van der Waals surface area contributed by atoms with E-state index >= 15 is 0 Å². The number of allylic oxidation sites excluding steroid dienone is 1. The van der Waals surface area contributed by atoms with Gasteiger partial charge in [-0.2, -0.15) is 0 Å². The third-order valence-corrected chi connectivity index (χ3v) is 12.1. The van der Waals surface area contributed by atoms with Crippen LogP contribution in [0.15, 0.2) is 23.3 Å². The molecule has 2 heterocycles. The van der Waals surface area contributed by atoms with Crippen LogP contribution in [0.25, 0.3) is 0 Å². The lowest BCUT2D eigenvalue weighted by Crippen LogP contribution is -2.69. The van der Waals surface area contributed by atoms with Crippen molar-refractivity contribution in [2.45, 2.75) is 115 Å². The number of ether oxygens (including phenoxy) is 3. The minimum atomic E-state index is -1.33. The summed E-state index contributed by atoms with van der Waals surface area (Å²) in [5.41, 5.74) is -3.39. The highest BCUT2D eigenvalue weighted by atomic mass is 16.7. The summed E-state index contributed by atoms with van der Waals surface area (Å²) in [5.74, 6) is -1.51. The van der Waals surface area contributed by atoms with E-state index in [4.69, 9.17) is 14.2 Å². The number of fused-ring (bicyclic) bond motifs is 4. The van der Waals surface area contributed by atoms with Crippen molar-refractivity contribution in [1.82, 2.24) is 0 Å². The fraction of sp³-hybridized carbons (Fsp3) is 0.767. The Labute approximate surface area is 223 Å². The molecule has 8 nitrogen and oxygen atoms in total.